The Hall–Kier alpha value is -2.12. The number of furan rings is 1. The fourth-order valence-electron chi connectivity index (χ4n) is 2.95. The number of aryl methyl sites for hydroxylation is 1. The second-order valence-electron chi connectivity index (χ2n) is 5.91. The van der Waals surface area contributed by atoms with Crippen molar-refractivity contribution in [2.75, 3.05) is 18.5 Å². The van der Waals surface area contributed by atoms with Crippen LogP contribution < -0.4 is 4.90 Å². The maximum atomic E-state index is 12.8. The van der Waals surface area contributed by atoms with Gasteiger partial charge in [0.25, 0.3) is 0 Å². The van der Waals surface area contributed by atoms with Gasteiger partial charge in [0.2, 0.25) is 15.9 Å². The minimum atomic E-state index is -3.62. The number of hydrogen-bond acceptors (Lipinski definition) is 4. The van der Waals surface area contributed by atoms with E-state index in [1.54, 1.807) is 35.2 Å². The zero-order valence-corrected chi connectivity index (χ0v) is 14.5. The fraction of sp³-hybridized carbons (Fsp3) is 0.353. The van der Waals surface area contributed by atoms with Gasteiger partial charge in [-0.3, -0.25) is 4.79 Å². The van der Waals surface area contributed by atoms with Crippen molar-refractivity contribution in [3.05, 3.63) is 47.9 Å². The van der Waals surface area contributed by atoms with Gasteiger partial charge in [0, 0.05) is 26.2 Å². The van der Waals surface area contributed by atoms with E-state index in [-0.39, 0.29) is 17.3 Å². The summed E-state index contributed by atoms with van der Waals surface area (Å²) in [5.74, 6) is 0.559. The van der Waals surface area contributed by atoms with Crippen molar-refractivity contribution >= 4 is 21.6 Å². The van der Waals surface area contributed by atoms with Crippen LogP contribution in [0, 0.1) is 0 Å². The summed E-state index contributed by atoms with van der Waals surface area (Å²) in [6.07, 6.45) is 3.12. The topological polar surface area (TPSA) is 70.8 Å². The van der Waals surface area contributed by atoms with Gasteiger partial charge in [-0.1, -0.05) is 0 Å². The normalized spacial score (nSPS) is 14.7. The summed E-state index contributed by atoms with van der Waals surface area (Å²) in [6, 6.07) is 8.44. The van der Waals surface area contributed by atoms with Crippen LogP contribution in [-0.2, 0) is 27.8 Å². The molecule has 0 bridgehead atoms. The monoisotopic (exact) mass is 348 g/mol. The van der Waals surface area contributed by atoms with Gasteiger partial charge < -0.3 is 9.32 Å². The summed E-state index contributed by atoms with van der Waals surface area (Å²) < 4.78 is 32.0. The zero-order chi connectivity index (χ0) is 17.3. The van der Waals surface area contributed by atoms with Crippen LogP contribution in [-0.4, -0.2) is 32.2 Å². The molecule has 0 N–H and O–H groups in total. The standard InChI is InChI=1S/C17H20N2O4S/c1-13(20)19-9-3-5-14-11-16(7-8-17(14)19)24(21,22)18(2)12-15-6-4-10-23-15/h4,6-8,10-11H,3,5,9,12H2,1-2H3. The van der Waals surface area contributed by atoms with E-state index in [9.17, 15) is 13.2 Å². The van der Waals surface area contributed by atoms with Gasteiger partial charge in [-0.05, 0) is 48.7 Å². The summed E-state index contributed by atoms with van der Waals surface area (Å²) >= 11 is 0. The number of amides is 1. The molecule has 0 saturated heterocycles. The maximum Gasteiger partial charge on any atom is 0.243 e. The first-order valence-electron chi connectivity index (χ1n) is 7.79. The van der Waals surface area contributed by atoms with E-state index in [1.807, 2.05) is 0 Å². The quantitative estimate of drug-likeness (QED) is 0.851. The van der Waals surface area contributed by atoms with Gasteiger partial charge in [0.15, 0.2) is 0 Å². The molecule has 3 rings (SSSR count). The van der Waals surface area contributed by atoms with Crippen molar-refractivity contribution in [1.82, 2.24) is 4.31 Å². The van der Waals surface area contributed by atoms with Crippen LogP contribution in [0.15, 0.2) is 45.9 Å². The molecule has 2 aromatic rings. The number of anilines is 1. The minimum absolute atomic E-state index is 0.0264. The van der Waals surface area contributed by atoms with Crippen molar-refractivity contribution in [3.8, 4) is 0 Å². The number of hydrogen-bond donors (Lipinski definition) is 0. The van der Waals surface area contributed by atoms with Gasteiger partial charge >= 0.3 is 0 Å². The molecular weight excluding hydrogens is 328 g/mol. The minimum Gasteiger partial charge on any atom is -0.468 e. The summed E-state index contributed by atoms with van der Waals surface area (Å²) in [6.45, 7) is 2.37. The first kappa shape index (κ1) is 16.7. The van der Waals surface area contributed by atoms with Crippen LogP contribution in [0.5, 0.6) is 0 Å². The molecule has 0 aliphatic carbocycles. The van der Waals surface area contributed by atoms with Crippen LogP contribution in [0.4, 0.5) is 5.69 Å². The molecule has 1 amide bonds. The Balaban J connectivity index is 1.90. The van der Waals surface area contributed by atoms with E-state index in [1.165, 1.54) is 24.5 Å². The molecule has 2 heterocycles. The first-order chi connectivity index (χ1) is 11.4. The molecule has 128 valence electrons. The molecule has 1 aromatic carbocycles. The average molecular weight is 348 g/mol. The Bertz CT molecular complexity index is 843. The van der Waals surface area contributed by atoms with Gasteiger partial charge in [0.1, 0.15) is 5.76 Å². The van der Waals surface area contributed by atoms with E-state index in [0.717, 1.165) is 24.1 Å². The molecule has 0 fully saturated rings. The van der Waals surface area contributed by atoms with Crippen molar-refractivity contribution in [2.45, 2.75) is 31.2 Å². The third-order valence-corrected chi connectivity index (χ3v) is 6.02. The number of sulfonamides is 1. The van der Waals surface area contributed by atoms with E-state index in [4.69, 9.17) is 4.42 Å². The maximum absolute atomic E-state index is 12.8. The summed E-state index contributed by atoms with van der Waals surface area (Å²) in [5, 5.41) is 0. The highest BCUT2D eigenvalue weighted by molar-refractivity contribution is 7.89. The van der Waals surface area contributed by atoms with Crippen LogP contribution in [0.25, 0.3) is 0 Å². The number of fused-ring (bicyclic) bond motifs is 1. The molecule has 0 spiro atoms. The molecule has 0 radical (unpaired) electrons. The van der Waals surface area contributed by atoms with Crippen LogP contribution in [0.3, 0.4) is 0 Å². The number of rotatable bonds is 4. The van der Waals surface area contributed by atoms with Crippen LogP contribution in [0.2, 0.25) is 0 Å². The second kappa shape index (κ2) is 6.41. The number of benzene rings is 1. The second-order valence-corrected chi connectivity index (χ2v) is 7.95. The van der Waals surface area contributed by atoms with Crippen LogP contribution in [0.1, 0.15) is 24.7 Å². The Labute approximate surface area is 141 Å². The Morgan fingerprint density at radius 1 is 1.33 bits per heavy atom. The predicted octanol–water partition coefficient (Wildman–Crippen LogP) is 2.40. The first-order valence-corrected chi connectivity index (χ1v) is 9.23. The lowest BCUT2D eigenvalue weighted by molar-refractivity contribution is -0.116. The van der Waals surface area contributed by atoms with E-state index in [0.29, 0.717) is 12.3 Å². The van der Waals surface area contributed by atoms with E-state index in [2.05, 4.69) is 0 Å². The number of carbonyl (C=O) groups excluding carboxylic acids is 1. The molecular formula is C17H20N2O4S. The van der Waals surface area contributed by atoms with Crippen molar-refractivity contribution < 1.29 is 17.6 Å². The summed E-state index contributed by atoms with van der Waals surface area (Å²) in [5.41, 5.74) is 1.70. The number of nitrogens with zero attached hydrogens (tertiary/aromatic N) is 2. The summed E-state index contributed by atoms with van der Waals surface area (Å²) in [4.78, 5) is 13.7. The molecule has 24 heavy (non-hydrogen) atoms. The van der Waals surface area contributed by atoms with E-state index >= 15 is 0 Å². The van der Waals surface area contributed by atoms with Crippen molar-refractivity contribution in [1.29, 1.82) is 0 Å². The summed E-state index contributed by atoms with van der Waals surface area (Å²) in [7, 11) is -2.09. The SMILES string of the molecule is CC(=O)N1CCCc2cc(S(=O)(=O)N(C)Cc3ccco3)ccc21. The Kier molecular flexibility index (Phi) is 4.47. The highest BCUT2D eigenvalue weighted by Crippen LogP contribution is 2.30. The zero-order valence-electron chi connectivity index (χ0n) is 13.7. The third-order valence-electron chi connectivity index (χ3n) is 4.22. The molecule has 1 aliphatic heterocycles. The Morgan fingerprint density at radius 2 is 2.12 bits per heavy atom. The Morgan fingerprint density at radius 3 is 2.79 bits per heavy atom. The molecule has 0 saturated carbocycles. The number of carbonyl (C=O) groups is 1. The van der Waals surface area contributed by atoms with Crippen molar-refractivity contribution in [3.63, 3.8) is 0 Å². The average Bonchev–Trinajstić information content (AvgIpc) is 3.06. The predicted molar refractivity (Wildman–Crippen MR) is 90.2 cm³/mol. The lowest BCUT2D eigenvalue weighted by Crippen LogP contribution is -2.34. The van der Waals surface area contributed by atoms with Gasteiger partial charge in [0.05, 0.1) is 17.7 Å². The molecule has 0 unspecified atom stereocenters. The van der Waals surface area contributed by atoms with Crippen LogP contribution >= 0.6 is 0 Å². The smallest absolute Gasteiger partial charge is 0.243 e. The fourth-order valence-corrected chi connectivity index (χ4v) is 4.14. The molecule has 7 heteroatoms. The van der Waals surface area contributed by atoms with E-state index < -0.39 is 10.0 Å². The third kappa shape index (κ3) is 3.09. The van der Waals surface area contributed by atoms with Gasteiger partial charge in [-0.25, -0.2) is 8.42 Å². The lowest BCUT2D eigenvalue weighted by atomic mass is 10.0. The molecule has 6 nitrogen and oxygen atoms in total. The van der Waals surface area contributed by atoms with Crippen molar-refractivity contribution in [2.24, 2.45) is 0 Å². The molecule has 1 aromatic heterocycles. The molecule has 1 aliphatic rings. The highest BCUT2D eigenvalue weighted by Gasteiger charge is 2.26. The highest BCUT2D eigenvalue weighted by atomic mass is 32.2. The van der Waals surface area contributed by atoms with Gasteiger partial charge in [-0.15, -0.1) is 0 Å². The lowest BCUT2D eigenvalue weighted by Gasteiger charge is -2.29. The largest absolute Gasteiger partial charge is 0.468 e. The molecule has 0 atom stereocenters. The van der Waals surface area contributed by atoms with Gasteiger partial charge in [-0.2, -0.15) is 4.31 Å².